The Kier molecular flexibility index (Phi) is 3.78. The third-order valence-corrected chi connectivity index (χ3v) is 3.48. The number of carbonyl (C=O) groups is 1. The first-order chi connectivity index (χ1) is 7.70. The molecular weight excluding hydrogens is 208 g/mol. The van der Waals surface area contributed by atoms with Crippen LogP contribution in [0.3, 0.4) is 0 Å². The molecule has 1 atom stereocenters. The fourth-order valence-corrected chi connectivity index (χ4v) is 2.70. The summed E-state index contributed by atoms with van der Waals surface area (Å²) in [6.45, 7) is 0.549. The Hall–Kier alpha value is -0.650. The maximum absolute atomic E-state index is 10.4. The average molecular weight is 228 g/mol. The maximum Gasteiger partial charge on any atom is 0.245 e. The van der Waals surface area contributed by atoms with Crippen LogP contribution in [0.1, 0.15) is 38.5 Å². The van der Waals surface area contributed by atoms with Gasteiger partial charge in [0.25, 0.3) is 0 Å². The van der Waals surface area contributed by atoms with Crippen molar-refractivity contribution in [3.8, 4) is 0 Å². The number of nitrogens with two attached hydrogens (primary N) is 1. The summed E-state index contributed by atoms with van der Waals surface area (Å²) in [5.41, 5.74) is 7.85. The monoisotopic (exact) mass is 228 g/mol. The number of hydrogen-bond acceptors (Lipinski definition) is 4. The summed E-state index contributed by atoms with van der Waals surface area (Å²) in [5, 5.41) is 0. The fourth-order valence-electron chi connectivity index (χ4n) is 2.70. The SMILES string of the molecule is NC(=O)CONCC1CCC2(CCCC2)O1. The van der Waals surface area contributed by atoms with Crippen LogP contribution in [0.25, 0.3) is 0 Å². The Morgan fingerprint density at radius 3 is 2.88 bits per heavy atom. The average Bonchev–Trinajstić information content (AvgIpc) is 2.85. The van der Waals surface area contributed by atoms with Crippen LogP contribution in [-0.2, 0) is 14.4 Å². The number of hydrogen-bond donors (Lipinski definition) is 2. The zero-order chi connectivity index (χ0) is 11.4. The first kappa shape index (κ1) is 11.8. The molecule has 1 saturated heterocycles. The van der Waals surface area contributed by atoms with Crippen LogP contribution >= 0.6 is 0 Å². The van der Waals surface area contributed by atoms with Crippen LogP contribution in [0.2, 0.25) is 0 Å². The highest BCUT2D eigenvalue weighted by Gasteiger charge is 2.41. The topological polar surface area (TPSA) is 73.6 Å². The minimum absolute atomic E-state index is 0.0855. The molecule has 1 unspecified atom stereocenters. The Balaban J connectivity index is 1.63. The molecule has 5 heteroatoms. The van der Waals surface area contributed by atoms with Gasteiger partial charge in [0.05, 0.1) is 11.7 Å². The van der Waals surface area contributed by atoms with Gasteiger partial charge in [0.1, 0.15) is 6.61 Å². The molecule has 1 saturated carbocycles. The van der Waals surface area contributed by atoms with Crippen LogP contribution in [-0.4, -0.2) is 30.8 Å². The molecule has 1 aliphatic carbocycles. The van der Waals surface area contributed by atoms with E-state index in [0.717, 1.165) is 12.8 Å². The van der Waals surface area contributed by atoms with Crippen molar-refractivity contribution in [1.29, 1.82) is 0 Å². The molecule has 2 fully saturated rings. The van der Waals surface area contributed by atoms with Crippen molar-refractivity contribution < 1.29 is 14.4 Å². The number of rotatable bonds is 5. The highest BCUT2D eigenvalue weighted by Crippen LogP contribution is 2.42. The number of ether oxygens (including phenoxy) is 1. The van der Waals surface area contributed by atoms with E-state index in [1.54, 1.807) is 0 Å². The molecule has 0 aromatic rings. The summed E-state index contributed by atoms with van der Waals surface area (Å²) in [5.74, 6) is -0.466. The van der Waals surface area contributed by atoms with Crippen LogP contribution in [0.15, 0.2) is 0 Å². The van der Waals surface area contributed by atoms with Crippen molar-refractivity contribution in [3.05, 3.63) is 0 Å². The van der Waals surface area contributed by atoms with Gasteiger partial charge in [0, 0.05) is 6.54 Å². The Morgan fingerprint density at radius 1 is 1.44 bits per heavy atom. The lowest BCUT2D eigenvalue weighted by molar-refractivity contribution is -0.126. The van der Waals surface area contributed by atoms with E-state index in [1.165, 1.54) is 25.7 Å². The second-order valence-electron chi connectivity index (χ2n) is 4.77. The summed E-state index contributed by atoms with van der Waals surface area (Å²) in [7, 11) is 0. The van der Waals surface area contributed by atoms with Gasteiger partial charge in [-0.25, -0.2) is 0 Å². The van der Waals surface area contributed by atoms with Gasteiger partial charge in [0.2, 0.25) is 5.91 Å². The van der Waals surface area contributed by atoms with Crippen molar-refractivity contribution in [1.82, 2.24) is 5.48 Å². The predicted molar refractivity (Wildman–Crippen MR) is 58.5 cm³/mol. The number of primary amides is 1. The van der Waals surface area contributed by atoms with E-state index in [0.29, 0.717) is 6.54 Å². The molecule has 3 N–H and O–H groups in total. The summed E-state index contributed by atoms with van der Waals surface area (Å²) in [6, 6.07) is 0. The lowest BCUT2D eigenvalue weighted by Gasteiger charge is -2.23. The van der Waals surface area contributed by atoms with Crippen LogP contribution < -0.4 is 11.2 Å². The Labute approximate surface area is 95.6 Å². The molecule has 1 spiro atoms. The van der Waals surface area contributed by atoms with Crippen molar-refractivity contribution in [3.63, 3.8) is 0 Å². The van der Waals surface area contributed by atoms with E-state index in [-0.39, 0.29) is 18.3 Å². The number of nitrogens with one attached hydrogen (secondary N) is 1. The molecular formula is C11H20N2O3. The standard InChI is InChI=1S/C11H20N2O3/c12-10(14)8-15-13-7-9-3-6-11(16-9)4-1-2-5-11/h9,13H,1-8H2,(H2,12,14). The van der Waals surface area contributed by atoms with Gasteiger partial charge in [-0.1, -0.05) is 12.8 Å². The lowest BCUT2D eigenvalue weighted by Crippen LogP contribution is -2.33. The van der Waals surface area contributed by atoms with E-state index in [2.05, 4.69) is 5.48 Å². The van der Waals surface area contributed by atoms with Crippen molar-refractivity contribution in [2.24, 2.45) is 5.73 Å². The lowest BCUT2D eigenvalue weighted by atomic mass is 9.98. The minimum Gasteiger partial charge on any atom is -0.370 e. The van der Waals surface area contributed by atoms with E-state index in [1.807, 2.05) is 0 Å². The smallest absolute Gasteiger partial charge is 0.245 e. The van der Waals surface area contributed by atoms with Gasteiger partial charge < -0.3 is 10.5 Å². The molecule has 1 amide bonds. The van der Waals surface area contributed by atoms with E-state index >= 15 is 0 Å². The highest BCUT2D eigenvalue weighted by molar-refractivity contribution is 5.74. The quantitative estimate of drug-likeness (QED) is 0.530. The molecule has 1 aliphatic heterocycles. The molecule has 92 valence electrons. The Bertz CT molecular complexity index is 252. The molecule has 0 radical (unpaired) electrons. The highest BCUT2D eigenvalue weighted by atomic mass is 16.6. The van der Waals surface area contributed by atoms with Gasteiger partial charge in [-0.2, -0.15) is 5.48 Å². The summed E-state index contributed by atoms with van der Waals surface area (Å²) in [6.07, 6.45) is 7.43. The molecule has 0 aromatic carbocycles. The third-order valence-electron chi connectivity index (χ3n) is 3.48. The number of carbonyl (C=O) groups excluding carboxylic acids is 1. The first-order valence-corrected chi connectivity index (χ1v) is 6.01. The molecule has 0 bridgehead atoms. The fraction of sp³-hybridized carbons (Fsp3) is 0.909. The second kappa shape index (κ2) is 5.12. The predicted octanol–water partition coefficient (Wildman–Crippen LogP) is 0.485. The third kappa shape index (κ3) is 2.93. The van der Waals surface area contributed by atoms with Crippen LogP contribution in [0.4, 0.5) is 0 Å². The first-order valence-electron chi connectivity index (χ1n) is 6.01. The second-order valence-corrected chi connectivity index (χ2v) is 4.77. The molecule has 2 aliphatic rings. The zero-order valence-corrected chi connectivity index (χ0v) is 9.54. The summed E-state index contributed by atoms with van der Waals surface area (Å²) in [4.78, 5) is 15.3. The van der Waals surface area contributed by atoms with E-state index in [9.17, 15) is 4.79 Å². The minimum atomic E-state index is -0.466. The molecule has 2 rings (SSSR count). The van der Waals surface area contributed by atoms with E-state index < -0.39 is 5.91 Å². The zero-order valence-electron chi connectivity index (χ0n) is 9.54. The number of hydroxylamine groups is 1. The van der Waals surface area contributed by atoms with Crippen molar-refractivity contribution in [2.75, 3.05) is 13.2 Å². The Morgan fingerprint density at radius 2 is 2.19 bits per heavy atom. The van der Waals surface area contributed by atoms with Crippen molar-refractivity contribution >= 4 is 5.91 Å². The maximum atomic E-state index is 10.4. The molecule has 0 aromatic heterocycles. The van der Waals surface area contributed by atoms with Gasteiger partial charge in [0.15, 0.2) is 0 Å². The van der Waals surface area contributed by atoms with Gasteiger partial charge in [-0.05, 0) is 25.7 Å². The number of amides is 1. The van der Waals surface area contributed by atoms with Crippen molar-refractivity contribution in [2.45, 2.75) is 50.2 Å². The summed E-state index contributed by atoms with van der Waals surface area (Å²) < 4.78 is 6.06. The molecule has 5 nitrogen and oxygen atoms in total. The van der Waals surface area contributed by atoms with Gasteiger partial charge in [-0.3, -0.25) is 9.63 Å². The van der Waals surface area contributed by atoms with E-state index in [4.69, 9.17) is 15.3 Å². The largest absolute Gasteiger partial charge is 0.370 e. The van der Waals surface area contributed by atoms with Gasteiger partial charge >= 0.3 is 0 Å². The van der Waals surface area contributed by atoms with Crippen LogP contribution in [0, 0.1) is 0 Å². The molecule has 1 heterocycles. The summed E-state index contributed by atoms with van der Waals surface area (Å²) >= 11 is 0. The van der Waals surface area contributed by atoms with Gasteiger partial charge in [-0.15, -0.1) is 0 Å². The molecule has 16 heavy (non-hydrogen) atoms. The van der Waals surface area contributed by atoms with Crippen LogP contribution in [0.5, 0.6) is 0 Å². The normalized spacial score (nSPS) is 27.6.